The second-order valence-electron chi connectivity index (χ2n) is 8.39. The summed E-state index contributed by atoms with van der Waals surface area (Å²) in [5.74, 6) is 0.576. The van der Waals surface area contributed by atoms with Crippen LogP contribution in [0.3, 0.4) is 0 Å². The Morgan fingerprint density at radius 1 is 1.05 bits per heavy atom. The van der Waals surface area contributed by atoms with Crippen molar-refractivity contribution >= 4 is 74.2 Å². The van der Waals surface area contributed by atoms with Crippen molar-refractivity contribution in [3.63, 3.8) is 0 Å². The molecular weight excluding hydrogens is 634 g/mol. The van der Waals surface area contributed by atoms with Crippen molar-refractivity contribution in [3.05, 3.63) is 103 Å². The van der Waals surface area contributed by atoms with E-state index < -0.39 is 5.91 Å². The summed E-state index contributed by atoms with van der Waals surface area (Å²) in [5, 5.41) is 15.3. The molecule has 1 N–H and O–H groups in total. The molecule has 4 rings (SSSR count). The first-order valence-electron chi connectivity index (χ1n) is 11.7. The van der Waals surface area contributed by atoms with Crippen LogP contribution in [0.4, 0.5) is 5.69 Å². The molecule has 192 valence electrons. The average Bonchev–Trinajstić information content (AvgIpc) is 2.90. The van der Waals surface area contributed by atoms with Crippen LogP contribution in [-0.4, -0.2) is 12.5 Å². The monoisotopic (exact) mass is 656 g/mol. The number of anilines is 1. The molecule has 0 fully saturated rings. The molecule has 0 aromatic heterocycles. The zero-order chi connectivity index (χ0) is 27.2. The summed E-state index contributed by atoms with van der Waals surface area (Å²) in [7, 11) is 0. The maximum Gasteiger partial charge on any atom is 0.266 e. The maximum atomic E-state index is 12.8. The van der Waals surface area contributed by atoms with Gasteiger partial charge in [-0.05, 0) is 94.7 Å². The predicted molar refractivity (Wildman–Crippen MR) is 162 cm³/mol. The summed E-state index contributed by atoms with van der Waals surface area (Å²) in [6.07, 6.45) is 1.51. The Balaban J connectivity index is 1.61. The molecule has 38 heavy (non-hydrogen) atoms. The standard InChI is InChI=1S/C30H23Cl2IN2O3/c1-3-37-28-14-19(12-21(16-34)30(36)35-22-10-11-25(31)26(32)15-22)13-27(33)29(28)38-17-24-18(2)8-9-20-6-4-5-7-23(20)24/h4-15H,3,17H2,1-2H3,(H,35,36)/b21-12+. The number of ether oxygens (including phenoxy) is 2. The van der Waals surface area contributed by atoms with E-state index in [1.165, 1.54) is 12.1 Å². The highest BCUT2D eigenvalue weighted by molar-refractivity contribution is 14.1. The molecule has 4 aromatic carbocycles. The number of carbonyl (C=O) groups excluding carboxylic acids is 1. The Hall–Kier alpha value is -3.25. The molecular formula is C30H23Cl2IN2O3. The number of carbonyl (C=O) groups is 1. The number of hydrogen-bond acceptors (Lipinski definition) is 4. The van der Waals surface area contributed by atoms with Gasteiger partial charge in [0.1, 0.15) is 18.2 Å². The van der Waals surface area contributed by atoms with Crippen LogP contribution in [0.1, 0.15) is 23.6 Å². The third-order valence-corrected chi connectivity index (χ3v) is 7.36. The summed E-state index contributed by atoms with van der Waals surface area (Å²) < 4.78 is 13.0. The molecule has 0 aliphatic rings. The van der Waals surface area contributed by atoms with E-state index in [9.17, 15) is 10.1 Å². The van der Waals surface area contributed by atoms with E-state index >= 15 is 0 Å². The second-order valence-corrected chi connectivity index (χ2v) is 10.4. The quantitative estimate of drug-likeness (QED) is 0.117. The zero-order valence-corrected chi connectivity index (χ0v) is 24.3. The number of fused-ring (bicyclic) bond motifs is 1. The van der Waals surface area contributed by atoms with Gasteiger partial charge in [0.15, 0.2) is 11.5 Å². The highest BCUT2D eigenvalue weighted by atomic mass is 127. The van der Waals surface area contributed by atoms with Crippen LogP contribution in [0.2, 0.25) is 10.0 Å². The zero-order valence-electron chi connectivity index (χ0n) is 20.6. The number of nitriles is 1. The fourth-order valence-electron chi connectivity index (χ4n) is 3.94. The SMILES string of the molecule is CCOc1cc(/C=C(\C#N)C(=O)Nc2ccc(Cl)c(Cl)c2)cc(I)c1OCc1c(C)ccc2ccccc12. The van der Waals surface area contributed by atoms with Gasteiger partial charge in [0.25, 0.3) is 5.91 Å². The van der Waals surface area contributed by atoms with Gasteiger partial charge >= 0.3 is 0 Å². The molecule has 0 radical (unpaired) electrons. The van der Waals surface area contributed by atoms with Gasteiger partial charge in [-0.3, -0.25) is 4.79 Å². The van der Waals surface area contributed by atoms with Crippen LogP contribution in [0, 0.1) is 21.8 Å². The molecule has 8 heteroatoms. The van der Waals surface area contributed by atoms with Gasteiger partial charge in [0, 0.05) is 11.3 Å². The lowest BCUT2D eigenvalue weighted by Crippen LogP contribution is -2.13. The van der Waals surface area contributed by atoms with E-state index in [1.54, 1.807) is 18.2 Å². The number of aryl methyl sites for hydroxylation is 1. The molecule has 0 saturated heterocycles. The molecule has 0 bridgehead atoms. The van der Waals surface area contributed by atoms with E-state index in [0.29, 0.717) is 46.0 Å². The smallest absolute Gasteiger partial charge is 0.266 e. The normalized spacial score (nSPS) is 11.2. The van der Waals surface area contributed by atoms with Gasteiger partial charge in [-0.2, -0.15) is 5.26 Å². The Morgan fingerprint density at radius 3 is 2.58 bits per heavy atom. The fourth-order valence-corrected chi connectivity index (χ4v) is 5.02. The van der Waals surface area contributed by atoms with Crippen LogP contribution < -0.4 is 14.8 Å². The lowest BCUT2D eigenvalue weighted by atomic mass is 10.0. The van der Waals surface area contributed by atoms with Gasteiger partial charge in [-0.15, -0.1) is 0 Å². The maximum absolute atomic E-state index is 12.8. The fraction of sp³-hybridized carbons (Fsp3) is 0.133. The number of benzene rings is 4. The summed E-state index contributed by atoms with van der Waals surface area (Å²) in [6.45, 7) is 4.75. The van der Waals surface area contributed by atoms with Crippen LogP contribution in [0.5, 0.6) is 11.5 Å². The number of nitrogens with one attached hydrogen (secondary N) is 1. The summed E-state index contributed by atoms with van der Waals surface area (Å²) in [6, 6.07) is 22.7. The molecule has 0 spiro atoms. The molecule has 0 atom stereocenters. The van der Waals surface area contributed by atoms with E-state index in [0.717, 1.165) is 25.5 Å². The Labute approximate surface area is 245 Å². The Bertz CT molecular complexity index is 1590. The molecule has 0 heterocycles. The molecule has 5 nitrogen and oxygen atoms in total. The van der Waals surface area contributed by atoms with E-state index in [1.807, 2.05) is 31.2 Å². The molecule has 0 unspecified atom stereocenters. The van der Waals surface area contributed by atoms with Crippen molar-refractivity contribution in [2.45, 2.75) is 20.5 Å². The molecule has 1 amide bonds. The van der Waals surface area contributed by atoms with Crippen LogP contribution in [-0.2, 0) is 11.4 Å². The second kappa shape index (κ2) is 12.5. The third-order valence-electron chi connectivity index (χ3n) is 5.82. The highest BCUT2D eigenvalue weighted by Gasteiger charge is 2.16. The number of rotatable bonds is 8. The Morgan fingerprint density at radius 2 is 1.84 bits per heavy atom. The summed E-state index contributed by atoms with van der Waals surface area (Å²) in [5.41, 5.74) is 3.24. The average molecular weight is 657 g/mol. The minimum atomic E-state index is -0.564. The third kappa shape index (κ3) is 6.41. The lowest BCUT2D eigenvalue weighted by Gasteiger charge is -2.17. The number of hydrogen-bond donors (Lipinski definition) is 1. The first-order chi connectivity index (χ1) is 18.3. The molecule has 0 aliphatic carbocycles. The first-order valence-corrected chi connectivity index (χ1v) is 13.6. The van der Waals surface area contributed by atoms with Crippen LogP contribution in [0.25, 0.3) is 16.8 Å². The van der Waals surface area contributed by atoms with E-state index in [2.05, 4.69) is 59.1 Å². The largest absolute Gasteiger partial charge is 0.490 e. The number of nitrogens with zero attached hydrogens (tertiary/aromatic N) is 1. The Kier molecular flexibility index (Phi) is 9.16. The van der Waals surface area contributed by atoms with Crippen molar-refractivity contribution < 1.29 is 14.3 Å². The minimum absolute atomic E-state index is 0.0747. The first kappa shape index (κ1) is 27.8. The summed E-state index contributed by atoms with van der Waals surface area (Å²) >= 11 is 14.2. The van der Waals surface area contributed by atoms with Gasteiger partial charge in [0.2, 0.25) is 0 Å². The van der Waals surface area contributed by atoms with Gasteiger partial charge in [-0.1, -0.05) is 59.6 Å². The van der Waals surface area contributed by atoms with Crippen molar-refractivity contribution in [2.24, 2.45) is 0 Å². The van der Waals surface area contributed by atoms with Crippen LogP contribution >= 0.6 is 45.8 Å². The summed E-state index contributed by atoms with van der Waals surface area (Å²) in [4.78, 5) is 12.8. The highest BCUT2D eigenvalue weighted by Crippen LogP contribution is 2.36. The molecule has 4 aromatic rings. The minimum Gasteiger partial charge on any atom is -0.490 e. The topological polar surface area (TPSA) is 71.3 Å². The predicted octanol–water partition coefficient (Wildman–Crippen LogP) is 8.58. The molecule has 0 aliphatic heterocycles. The van der Waals surface area contributed by atoms with Crippen LogP contribution in [0.15, 0.2) is 72.3 Å². The van der Waals surface area contributed by atoms with Gasteiger partial charge in [0.05, 0.1) is 20.2 Å². The van der Waals surface area contributed by atoms with E-state index in [4.69, 9.17) is 32.7 Å². The molecule has 0 saturated carbocycles. The van der Waals surface area contributed by atoms with Gasteiger partial charge in [-0.25, -0.2) is 0 Å². The number of halogens is 3. The number of amides is 1. The van der Waals surface area contributed by atoms with Crippen molar-refractivity contribution in [1.82, 2.24) is 0 Å². The van der Waals surface area contributed by atoms with Gasteiger partial charge < -0.3 is 14.8 Å². The lowest BCUT2D eigenvalue weighted by molar-refractivity contribution is -0.112. The van der Waals surface area contributed by atoms with Crippen molar-refractivity contribution in [2.75, 3.05) is 11.9 Å². The van der Waals surface area contributed by atoms with Crippen molar-refractivity contribution in [1.29, 1.82) is 5.26 Å². The van der Waals surface area contributed by atoms with E-state index in [-0.39, 0.29) is 5.57 Å². The van der Waals surface area contributed by atoms with Crippen molar-refractivity contribution in [3.8, 4) is 17.6 Å².